The minimum absolute atomic E-state index is 0.0939. The summed E-state index contributed by atoms with van der Waals surface area (Å²) in [5, 5.41) is 0. The molecule has 1 heterocycles. The first kappa shape index (κ1) is 22.6. The smallest absolute Gasteiger partial charge is 0.421 e. The first-order valence-corrected chi connectivity index (χ1v) is 10.3. The van der Waals surface area contributed by atoms with E-state index in [0.29, 0.717) is 18.2 Å². The molecule has 0 aliphatic heterocycles. The molecular weight excluding hydrogens is 403 g/mol. The van der Waals surface area contributed by atoms with Crippen molar-refractivity contribution in [2.24, 2.45) is 5.92 Å². The summed E-state index contributed by atoms with van der Waals surface area (Å²) in [5.41, 5.74) is 1.70. The molecule has 0 atom stereocenters. The van der Waals surface area contributed by atoms with Gasteiger partial charge in [0.05, 0.1) is 0 Å². The molecule has 0 aliphatic carbocycles. The Hall–Kier alpha value is -3.09. The second kappa shape index (κ2) is 9.81. The highest BCUT2D eigenvalue weighted by molar-refractivity contribution is 5.64. The van der Waals surface area contributed by atoms with Crippen LogP contribution in [0.25, 0.3) is 0 Å². The van der Waals surface area contributed by atoms with E-state index < -0.39 is 11.7 Å². The Morgan fingerprint density at radius 1 is 1.00 bits per heavy atom. The molecule has 164 valence electrons. The summed E-state index contributed by atoms with van der Waals surface area (Å²) in [6.45, 7) is 6.48. The van der Waals surface area contributed by atoms with Gasteiger partial charge in [-0.25, -0.2) is 4.98 Å². The fourth-order valence-electron chi connectivity index (χ4n) is 3.33. The lowest BCUT2D eigenvalue weighted by Crippen LogP contribution is -2.23. The van der Waals surface area contributed by atoms with Gasteiger partial charge >= 0.3 is 12.2 Å². The highest BCUT2D eigenvalue weighted by atomic mass is 19.4. The lowest BCUT2D eigenvalue weighted by Gasteiger charge is -2.26. The molecule has 2 aromatic carbocycles. The third-order valence-electron chi connectivity index (χ3n) is 4.70. The second-order valence-corrected chi connectivity index (χ2v) is 7.67. The van der Waals surface area contributed by atoms with Crippen LogP contribution in [0, 0.1) is 5.92 Å². The molecule has 0 N–H and O–H groups in total. The van der Waals surface area contributed by atoms with Crippen molar-refractivity contribution in [3.8, 4) is 6.01 Å². The number of ether oxygens (including phenoxy) is 1. The van der Waals surface area contributed by atoms with Crippen LogP contribution in [0.5, 0.6) is 6.01 Å². The maximum atomic E-state index is 13.7. The summed E-state index contributed by atoms with van der Waals surface area (Å²) >= 11 is 0. The van der Waals surface area contributed by atoms with Gasteiger partial charge in [0.1, 0.15) is 12.2 Å². The van der Waals surface area contributed by atoms with E-state index in [1.807, 2.05) is 48.5 Å². The van der Waals surface area contributed by atoms with Crippen molar-refractivity contribution < 1.29 is 17.9 Å². The summed E-state index contributed by atoms with van der Waals surface area (Å²) in [6, 6.07) is 16.8. The predicted octanol–water partition coefficient (Wildman–Crippen LogP) is 6.43. The molecule has 0 saturated heterocycles. The summed E-state index contributed by atoms with van der Waals surface area (Å²) in [4.78, 5) is 9.52. The number of anilines is 2. The fourth-order valence-corrected chi connectivity index (χ4v) is 3.33. The van der Waals surface area contributed by atoms with Gasteiger partial charge in [-0.05, 0) is 42.5 Å². The fraction of sp³-hybridized carbons (Fsp3) is 0.333. The van der Waals surface area contributed by atoms with Crippen molar-refractivity contribution in [2.45, 2.75) is 40.0 Å². The van der Waals surface area contributed by atoms with Crippen LogP contribution in [0.1, 0.15) is 37.5 Å². The van der Waals surface area contributed by atoms with Crippen molar-refractivity contribution in [1.82, 2.24) is 9.97 Å². The molecular formula is C24H26F3N3O. The van der Waals surface area contributed by atoms with Gasteiger partial charge in [0.2, 0.25) is 0 Å². The summed E-state index contributed by atoms with van der Waals surface area (Å²) in [6.07, 6.45) is -2.95. The van der Waals surface area contributed by atoms with E-state index in [2.05, 4.69) is 23.8 Å². The van der Waals surface area contributed by atoms with Crippen LogP contribution in [0.15, 0.2) is 60.8 Å². The van der Waals surface area contributed by atoms with Crippen molar-refractivity contribution >= 4 is 11.5 Å². The van der Waals surface area contributed by atoms with Crippen LogP contribution in [0.4, 0.5) is 24.7 Å². The first-order valence-electron chi connectivity index (χ1n) is 10.3. The molecule has 3 aromatic rings. The molecule has 0 unspecified atom stereocenters. The number of hydrogen-bond donors (Lipinski definition) is 0. The topological polar surface area (TPSA) is 38.2 Å². The summed E-state index contributed by atoms with van der Waals surface area (Å²) in [7, 11) is 0. The second-order valence-electron chi connectivity index (χ2n) is 7.67. The van der Waals surface area contributed by atoms with Gasteiger partial charge in [-0.2, -0.15) is 18.2 Å². The molecule has 4 nitrogen and oxygen atoms in total. The van der Waals surface area contributed by atoms with E-state index in [1.165, 1.54) is 0 Å². The third kappa shape index (κ3) is 5.96. The quantitative estimate of drug-likeness (QED) is 0.414. The van der Waals surface area contributed by atoms with Crippen LogP contribution in [0.2, 0.25) is 0 Å². The van der Waals surface area contributed by atoms with Crippen molar-refractivity contribution in [3.05, 3.63) is 77.5 Å². The van der Waals surface area contributed by atoms with Gasteiger partial charge in [0.25, 0.3) is 0 Å². The van der Waals surface area contributed by atoms with Crippen molar-refractivity contribution in [2.75, 3.05) is 11.4 Å². The average molecular weight is 429 g/mol. The van der Waals surface area contributed by atoms with Crippen LogP contribution in [-0.2, 0) is 19.2 Å². The minimum atomic E-state index is -4.59. The zero-order valence-electron chi connectivity index (χ0n) is 17.9. The molecule has 31 heavy (non-hydrogen) atoms. The molecule has 0 aliphatic rings. The van der Waals surface area contributed by atoms with E-state index >= 15 is 0 Å². The maximum Gasteiger partial charge on any atom is 0.421 e. The number of nitrogens with zero attached hydrogens (tertiary/aromatic N) is 3. The van der Waals surface area contributed by atoms with Crippen molar-refractivity contribution in [1.29, 1.82) is 0 Å². The SMILES string of the molecule is CCN(c1cccc(CC(C)C)c1)c1nc(OCc2ccccc2)ncc1C(F)(F)F. The normalized spacial score (nSPS) is 11.6. The maximum absolute atomic E-state index is 13.7. The average Bonchev–Trinajstić information content (AvgIpc) is 2.73. The van der Waals surface area contributed by atoms with E-state index in [4.69, 9.17) is 4.74 Å². The number of benzene rings is 2. The van der Waals surface area contributed by atoms with Crippen LogP contribution < -0.4 is 9.64 Å². The molecule has 0 saturated carbocycles. The molecule has 0 radical (unpaired) electrons. The first-order chi connectivity index (χ1) is 14.8. The van der Waals surface area contributed by atoms with Crippen molar-refractivity contribution in [3.63, 3.8) is 0 Å². The third-order valence-corrected chi connectivity index (χ3v) is 4.70. The van der Waals surface area contributed by atoms with Gasteiger partial charge < -0.3 is 9.64 Å². The number of aromatic nitrogens is 2. The Kier molecular flexibility index (Phi) is 7.15. The van der Waals surface area contributed by atoms with Gasteiger partial charge in [-0.3, -0.25) is 0 Å². The number of halogens is 3. The molecule has 7 heteroatoms. The Morgan fingerprint density at radius 2 is 1.71 bits per heavy atom. The number of hydrogen-bond acceptors (Lipinski definition) is 4. The predicted molar refractivity (Wildman–Crippen MR) is 115 cm³/mol. The van der Waals surface area contributed by atoms with Crippen LogP contribution >= 0.6 is 0 Å². The van der Waals surface area contributed by atoms with Crippen LogP contribution in [-0.4, -0.2) is 16.5 Å². The van der Waals surface area contributed by atoms with Gasteiger partial charge in [-0.1, -0.05) is 56.3 Å². The van der Waals surface area contributed by atoms with E-state index in [1.54, 1.807) is 17.9 Å². The van der Waals surface area contributed by atoms with Gasteiger partial charge in [0, 0.05) is 18.4 Å². The zero-order chi connectivity index (χ0) is 22.4. The molecule has 0 fully saturated rings. The molecule has 1 aromatic heterocycles. The zero-order valence-corrected chi connectivity index (χ0v) is 17.9. The summed E-state index contributed by atoms with van der Waals surface area (Å²) in [5.74, 6) is 0.225. The van der Waals surface area contributed by atoms with E-state index in [-0.39, 0.29) is 18.4 Å². The Balaban J connectivity index is 1.97. The monoisotopic (exact) mass is 429 g/mol. The lowest BCUT2D eigenvalue weighted by molar-refractivity contribution is -0.137. The Bertz CT molecular complexity index is 991. The number of rotatable bonds is 8. The van der Waals surface area contributed by atoms with Gasteiger partial charge in [0.15, 0.2) is 5.82 Å². The Morgan fingerprint density at radius 3 is 2.35 bits per heavy atom. The highest BCUT2D eigenvalue weighted by Gasteiger charge is 2.37. The van der Waals surface area contributed by atoms with Crippen LogP contribution in [0.3, 0.4) is 0 Å². The Labute approximate surface area is 180 Å². The molecule has 0 bridgehead atoms. The van der Waals surface area contributed by atoms with Gasteiger partial charge in [-0.15, -0.1) is 0 Å². The van der Waals surface area contributed by atoms with E-state index in [9.17, 15) is 13.2 Å². The largest absolute Gasteiger partial charge is 0.459 e. The summed E-state index contributed by atoms with van der Waals surface area (Å²) < 4.78 is 46.8. The molecule has 3 rings (SSSR count). The lowest BCUT2D eigenvalue weighted by atomic mass is 10.0. The molecule has 0 spiro atoms. The standard InChI is InChI=1S/C24H26F3N3O/c1-4-30(20-12-8-11-19(14-20)13-17(2)3)22-21(24(25,26)27)15-28-23(29-22)31-16-18-9-6-5-7-10-18/h5-12,14-15,17H,4,13,16H2,1-3H3. The minimum Gasteiger partial charge on any atom is -0.459 e. The number of alkyl halides is 3. The van der Waals surface area contributed by atoms with E-state index in [0.717, 1.165) is 23.7 Å². The molecule has 0 amide bonds. The highest BCUT2D eigenvalue weighted by Crippen LogP contribution is 2.38.